The maximum absolute atomic E-state index is 11.3. The largest absolute Gasteiger partial charge is 0.322 e. The van der Waals surface area contributed by atoms with Crippen LogP contribution in [-0.4, -0.2) is 38.3 Å². The first-order valence-corrected chi connectivity index (χ1v) is 5.24. The Morgan fingerprint density at radius 3 is 2.07 bits per heavy atom. The zero-order valence-electron chi connectivity index (χ0n) is 7.84. The van der Waals surface area contributed by atoms with Gasteiger partial charge in [0.2, 0.25) is 0 Å². The van der Waals surface area contributed by atoms with Crippen molar-refractivity contribution in [2.45, 2.75) is 0 Å². The Morgan fingerprint density at radius 1 is 1.14 bits per heavy atom. The van der Waals surface area contributed by atoms with Crippen LogP contribution in [0, 0.1) is 0 Å². The van der Waals surface area contributed by atoms with Crippen molar-refractivity contribution in [1.82, 2.24) is 4.31 Å². The van der Waals surface area contributed by atoms with Crippen molar-refractivity contribution in [3.8, 4) is 0 Å². The summed E-state index contributed by atoms with van der Waals surface area (Å²) in [5.74, 6) is -0.175. The van der Waals surface area contributed by atoms with Crippen molar-refractivity contribution < 1.29 is 13.2 Å². The molecule has 1 aliphatic rings. The van der Waals surface area contributed by atoms with Crippen molar-refractivity contribution >= 4 is 21.7 Å². The molecule has 0 unspecified atom stereocenters. The predicted octanol–water partition coefficient (Wildman–Crippen LogP) is -0.0711. The van der Waals surface area contributed by atoms with E-state index in [1.807, 2.05) is 0 Å². The predicted molar refractivity (Wildman–Crippen MR) is 53.3 cm³/mol. The highest BCUT2D eigenvalue weighted by atomic mass is 32.2. The number of ketones is 1. The molecule has 14 heavy (non-hydrogen) atoms. The van der Waals surface area contributed by atoms with E-state index in [0.29, 0.717) is 0 Å². The monoisotopic (exact) mass is 214 g/mol. The summed E-state index contributed by atoms with van der Waals surface area (Å²) in [7, 11) is -0.828. The third-order valence-corrected chi connectivity index (χ3v) is 2.88. The highest BCUT2D eigenvalue weighted by Crippen LogP contribution is 2.02. The van der Waals surface area contributed by atoms with Crippen molar-refractivity contribution in [3.05, 3.63) is 24.3 Å². The number of allylic oxidation sites excluding steroid dienone is 4. The van der Waals surface area contributed by atoms with Crippen molar-refractivity contribution in [2.75, 3.05) is 14.1 Å². The second-order valence-electron chi connectivity index (χ2n) is 2.85. The van der Waals surface area contributed by atoms with Crippen LogP contribution >= 0.6 is 0 Å². The zero-order chi connectivity index (χ0) is 10.8. The molecule has 76 valence electrons. The van der Waals surface area contributed by atoms with Crippen molar-refractivity contribution in [1.29, 1.82) is 0 Å². The van der Waals surface area contributed by atoms with Gasteiger partial charge in [0.05, 0.1) is 5.71 Å². The first-order valence-electron chi connectivity index (χ1n) is 3.84. The van der Waals surface area contributed by atoms with E-state index in [1.54, 1.807) is 0 Å². The SMILES string of the molecule is CN(C)S(=O)(=O)N=C1C=CC(=O)C=C1. The molecule has 0 atom stereocenters. The van der Waals surface area contributed by atoms with Crippen LogP contribution in [-0.2, 0) is 15.0 Å². The van der Waals surface area contributed by atoms with E-state index >= 15 is 0 Å². The summed E-state index contributed by atoms with van der Waals surface area (Å²) in [4.78, 5) is 10.7. The Kier molecular flexibility index (Phi) is 2.97. The molecule has 0 N–H and O–H groups in total. The van der Waals surface area contributed by atoms with Gasteiger partial charge in [0.15, 0.2) is 5.78 Å². The van der Waals surface area contributed by atoms with Crippen LogP contribution in [0.2, 0.25) is 0 Å². The highest BCUT2D eigenvalue weighted by Gasteiger charge is 2.12. The van der Waals surface area contributed by atoms with Crippen molar-refractivity contribution in [2.24, 2.45) is 4.40 Å². The van der Waals surface area contributed by atoms with E-state index in [0.717, 1.165) is 4.31 Å². The Balaban J connectivity index is 2.97. The van der Waals surface area contributed by atoms with Crippen LogP contribution in [0.25, 0.3) is 0 Å². The minimum Gasteiger partial charge on any atom is -0.290 e. The van der Waals surface area contributed by atoms with Crippen LogP contribution in [0.5, 0.6) is 0 Å². The van der Waals surface area contributed by atoms with E-state index in [4.69, 9.17) is 0 Å². The van der Waals surface area contributed by atoms with Crippen LogP contribution < -0.4 is 0 Å². The molecule has 0 heterocycles. The Bertz CT molecular complexity index is 412. The van der Waals surface area contributed by atoms with E-state index in [2.05, 4.69) is 4.40 Å². The molecule has 5 nitrogen and oxygen atoms in total. The average Bonchev–Trinajstić information content (AvgIpc) is 2.08. The lowest BCUT2D eigenvalue weighted by Gasteiger charge is -2.06. The first-order chi connectivity index (χ1) is 6.42. The molecule has 0 fully saturated rings. The molecular formula is C8H10N2O3S. The Hall–Kier alpha value is -1.27. The summed E-state index contributed by atoms with van der Waals surface area (Å²) in [6, 6.07) is 0. The maximum atomic E-state index is 11.3. The fourth-order valence-corrected chi connectivity index (χ4v) is 1.27. The summed E-state index contributed by atoms with van der Waals surface area (Å²) >= 11 is 0. The van der Waals surface area contributed by atoms with Crippen LogP contribution in [0.4, 0.5) is 0 Å². The van der Waals surface area contributed by atoms with E-state index < -0.39 is 10.2 Å². The van der Waals surface area contributed by atoms with Crippen LogP contribution in [0.1, 0.15) is 0 Å². The van der Waals surface area contributed by atoms with Gasteiger partial charge in [-0.15, -0.1) is 0 Å². The lowest BCUT2D eigenvalue weighted by Crippen LogP contribution is -2.21. The molecule has 1 aliphatic carbocycles. The third kappa shape index (κ3) is 2.61. The van der Waals surface area contributed by atoms with Crippen LogP contribution in [0.3, 0.4) is 0 Å². The smallest absolute Gasteiger partial charge is 0.290 e. The first kappa shape index (κ1) is 10.8. The second kappa shape index (κ2) is 3.85. The molecular weight excluding hydrogens is 204 g/mol. The fourth-order valence-electron chi connectivity index (χ4n) is 0.722. The minimum absolute atomic E-state index is 0.175. The Morgan fingerprint density at radius 2 is 1.64 bits per heavy atom. The standard InChI is InChI=1S/C8H10N2O3S/c1-10(2)14(12,13)9-7-3-5-8(11)6-4-7/h3-6H,1-2H3. The normalized spacial score (nSPS) is 16.5. The molecule has 0 amide bonds. The molecule has 0 bridgehead atoms. The van der Waals surface area contributed by atoms with Gasteiger partial charge in [-0.2, -0.15) is 17.1 Å². The summed E-state index contributed by atoms with van der Waals surface area (Å²) in [6.45, 7) is 0. The van der Waals surface area contributed by atoms with Gasteiger partial charge in [-0.05, 0) is 24.3 Å². The van der Waals surface area contributed by atoms with E-state index in [1.165, 1.54) is 38.4 Å². The van der Waals surface area contributed by atoms with E-state index in [-0.39, 0.29) is 11.5 Å². The molecule has 0 aromatic heterocycles. The number of carbonyl (C=O) groups is 1. The van der Waals surface area contributed by atoms with Gasteiger partial charge in [0.1, 0.15) is 0 Å². The van der Waals surface area contributed by atoms with Gasteiger partial charge in [0.25, 0.3) is 0 Å². The fraction of sp³-hybridized carbons (Fsp3) is 0.250. The van der Waals surface area contributed by atoms with Gasteiger partial charge in [-0.25, -0.2) is 0 Å². The number of hydrogen-bond donors (Lipinski definition) is 0. The maximum Gasteiger partial charge on any atom is 0.322 e. The third-order valence-electron chi connectivity index (χ3n) is 1.52. The molecule has 1 rings (SSSR count). The van der Waals surface area contributed by atoms with Gasteiger partial charge in [-0.1, -0.05) is 0 Å². The quantitative estimate of drug-likeness (QED) is 0.604. The van der Waals surface area contributed by atoms with Crippen LogP contribution in [0.15, 0.2) is 28.7 Å². The summed E-state index contributed by atoms with van der Waals surface area (Å²) < 4.78 is 27.0. The van der Waals surface area contributed by atoms with Gasteiger partial charge in [-0.3, -0.25) is 4.79 Å². The molecule has 0 aromatic carbocycles. The molecule has 0 radical (unpaired) electrons. The second-order valence-corrected chi connectivity index (χ2v) is 4.65. The van der Waals surface area contributed by atoms with Crippen molar-refractivity contribution in [3.63, 3.8) is 0 Å². The summed E-state index contributed by atoms with van der Waals surface area (Å²) in [6.07, 6.45) is 5.26. The number of nitrogens with zero attached hydrogens (tertiary/aromatic N) is 2. The zero-order valence-corrected chi connectivity index (χ0v) is 8.65. The van der Waals surface area contributed by atoms with E-state index in [9.17, 15) is 13.2 Å². The summed E-state index contributed by atoms with van der Waals surface area (Å²) in [5, 5.41) is 0. The molecule has 6 heteroatoms. The lowest BCUT2D eigenvalue weighted by molar-refractivity contribution is -0.110. The van der Waals surface area contributed by atoms with Gasteiger partial charge in [0, 0.05) is 14.1 Å². The highest BCUT2D eigenvalue weighted by molar-refractivity contribution is 7.87. The number of rotatable bonds is 2. The number of carbonyl (C=O) groups excluding carboxylic acids is 1. The van der Waals surface area contributed by atoms with Gasteiger partial charge < -0.3 is 0 Å². The molecule has 0 spiro atoms. The molecule has 0 aromatic rings. The molecule has 0 aliphatic heterocycles. The molecule has 0 saturated heterocycles. The molecule has 0 saturated carbocycles. The average molecular weight is 214 g/mol. The Labute approximate surface area is 82.6 Å². The minimum atomic E-state index is -3.61. The number of hydrogen-bond acceptors (Lipinski definition) is 3. The van der Waals surface area contributed by atoms with Gasteiger partial charge >= 0.3 is 10.2 Å². The summed E-state index contributed by atoms with van der Waals surface area (Å²) in [5.41, 5.74) is 0.248. The lowest BCUT2D eigenvalue weighted by atomic mass is 10.2. The topological polar surface area (TPSA) is 66.8 Å².